The molecule has 1 aromatic heterocycles. The van der Waals surface area contributed by atoms with Gasteiger partial charge in [0.2, 0.25) is 15.9 Å². The Balaban J connectivity index is 2.22. The zero-order chi connectivity index (χ0) is 17.6. The normalized spacial score (nSPS) is 11.4. The van der Waals surface area contributed by atoms with Crippen molar-refractivity contribution in [3.05, 3.63) is 36.5 Å². The number of carbonyl (C=O) groups is 1. The predicted molar refractivity (Wildman–Crippen MR) is 96.5 cm³/mol. The smallest absolute Gasteiger partial charge is 0.232 e. The third-order valence-corrected chi connectivity index (χ3v) is 4.85. The molecular weight excluding hydrogens is 326 g/mol. The molecule has 1 N–H and O–H groups in total. The number of rotatable bonds is 8. The van der Waals surface area contributed by atoms with Crippen molar-refractivity contribution in [2.24, 2.45) is 0 Å². The van der Waals surface area contributed by atoms with Crippen molar-refractivity contribution in [2.45, 2.75) is 26.2 Å². The summed E-state index contributed by atoms with van der Waals surface area (Å²) in [5.41, 5.74) is 1.11. The molecule has 0 aliphatic rings. The van der Waals surface area contributed by atoms with Gasteiger partial charge in [-0.1, -0.05) is 31.5 Å². The molecular formula is C17H23N3O3S. The third kappa shape index (κ3) is 4.67. The summed E-state index contributed by atoms with van der Waals surface area (Å²) in [6, 6.07) is 9.07. The van der Waals surface area contributed by atoms with Gasteiger partial charge in [-0.05, 0) is 18.6 Å². The molecule has 0 saturated carbocycles. The van der Waals surface area contributed by atoms with Crippen LogP contribution in [0.1, 0.15) is 26.2 Å². The first-order chi connectivity index (χ1) is 11.4. The maximum Gasteiger partial charge on any atom is 0.232 e. The van der Waals surface area contributed by atoms with Gasteiger partial charge in [0, 0.05) is 31.1 Å². The molecule has 1 amide bonds. The van der Waals surface area contributed by atoms with Crippen LogP contribution in [0.5, 0.6) is 0 Å². The summed E-state index contributed by atoms with van der Waals surface area (Å²) in [5.74, 6) is -0.148. The Hall–Kier alpha value is -2.15. The van der Waals surface area contributed by atoms with Crippen molar-refractivity contribution < 1.29 is 13.2 Å². The number of amides is 1. The number of fused-ring (bicyclic) bond motifs is 1. The molecule has 6 nitrogen and oxygen atoms in total. The number of para-hydroxylation sites is 1. The van der Waals surface area contributed by atoms with Crippen molar-refractivity contribution in [3.63, 3.8) is 0 Å². The maximum atomic E-state index is 12.2. The molecule has 0 spiro atoms. The highest BCUT2D eigenvalue weighted by Crippen LogP contribution is 2.26. The molecule has 24 heavy (non-hydrogen) atoms. The van der Waals surface area contributed by atoms with Crippen LogP contribution < -0.4 is 9.62 Å². The number of pyridine rings is 1. The molecule has 1 heterocycles. The highest BCUT2D eigenvalue weighted by molar-refractivity contribution is 7.92. The number of nitrogens with one attached hydrogen (secondary N) is 1. The number of unbranched alkanes of at least 4 members (excludes halogenated alkanes) is 1. The lowest BCUT2D eigenvalue weighted by molar-refractivity contribution is -0.120. The van der Waals surface area contributed by atoms with Crippen LogP contribution in [0, 0.1) is 0 Å². The molecule has 0 bridgehead atoms. The summed E-state index contributed by atoms with van der Waals surface area (Å²) in [6.07, 6.45) is 4.79. The van der Waals surface area contributed by atoms with Crippen LogP contribution in [-0.4, -0.2) is 38.7 Å². The number of aromatic nitrogens is 1. The summed E-state index contributed by atoms with van der Waals surface area (Å²) in [7, 11) is -3.52. The van der Waals surface area contributed by atoms with Crippen molar-refractivity contribution in [1.82, 2.24) is 10.3 Å². The fourth-order valence-corrected chi connectivity index (χ4v) is 3.38. The van der Waals surface area contributed by atoms with E-state index in [0.29, 0.717) is 17.7 Å². The molecule has 0 radical (unpaired) electrons. The molecule has 0 atom stereocenters. The molecule has 0 saturated heterocycles. The van der Waals surface area contributed by atoms with Crippen LogP contribution in [0.3, 0.4) is 0 Å². The number of benzene rings is 1. The molecule has 0 aliphatic heterocycles. The van der Waals surface area contributed by atoms with E-state index in [0.717, 1.165) is 24.5 Å². The Bertz CT molecular complexity index is 800. The van der Waals surface area contributed by atoms with Crippen LogP contribution >= 0.6 is 0 Å². The first-order valence-electron chi connectivity index (χ1n) is 8.01. The van der Waals surface area contributed by atoms with Gasteiger partial charge in [0.15, 0.2) is 0 Å². The summed E-state index contributed by atoms with van der Waals surface area (Å²) in [6.45, 7) is 2.75. The monoisotopic (exact) mass is 349 g/mol. The maximum absolute atomic E-state index is 12.2. The van der Waals surface area contributed by atoms with E-state index in [1.54, 1.807) is 24.4 Å². The molecule has 0 aliphatic carbocycles. The first kappa shape index (κ1) is 18.2. The number of anilines is 1. The van der Waals surface area contributed by atoms with E-state index in [2.05, 4.69) is 10.3 Å². The van der Waals surface area contributed by atoms with Crippen LogP contribution in [0.2, 0.25) is 0 Å². The Morgan fingerprint density at radius 2 is 2.00 bits per heavy atom. The summed E-state index contributed by atoms with van der Waals surface area (Å²) >= 11 is 0. The van der Waals surface area contributed by atoms with Gasteiger partial charge in [-0.3, -0.25) is 14.1 Å². The minimum absolute atomic E-state index is 0.0898. The van der Waals surface area contributed by atoms with E-state index < -0.39 is 10.0 Å². The number of hydrogen-bond donors (Lipinski definition) is 1. The van der Waals surface area contributed by atoms with Gasteiger partial charge in [-0.2, -0.15) is 0 Å². The van der Waals surface area contributed by atoms with Gasteiger partial charge in [-0.25, -0.2) is 8.42 Å². The lowest BCUT2D eigenvalue weighted by atomic mass is 10.2. The molecule has 0 unspecified atom stereocenters. The van der Waals surface area contributed by atoms with Gasteiger partial charge in [0.1, 0.15) is 0 Å². The van der Waals surface area contributed by atoms with Crippen molar-refractivity contribution in [3.8, 4) is 0 Å². The summed E-state index contributed by atoms with van der Waals surface area (Å²) in [4.78, 5) is 16.2. The van der Waals surface area contributed by atoms with E-state index in [-0.39, 0.29) is 18.9 Å². The van der Waals surface area contributed by atoms with Crippen LogP contribution in [0.25, 0.3) is 10.9 Å². The minimum atomic E-state index is -3.52. The largest absolute Gasteiger partial charge is 0.356 e. The lowest BCUT2D eigenvalue weighted by Gasteiger charge is -2.23. The van der Waals surface area contributed by atoms with E-state index in [4.69, 9.17) is 0 Å². The number of nitrogens with zero attached hydrogens (tertiary/aromatic N) is 2. The average molecular weight is 349 g/mol. The molecule has 2 rings (SSSR count). The molecule has 0 fully saturated rings. The van der Waals surface area contributed by atoms with Crippen LogP contribution in [-0.2, 0) is 14.8 Å². The third-order valence-electron chi connectivity index (χ3n) is 3.67. The topological polar surface area (TPSA) is 79.4 Å². The predicted octanol–water partition coefficient (Wildman–Crippen LogP) is 2.31. The Labute approximate surface area is 142 Å². The second kappa shape index (κ2) is 8.10. The zero-order valence-electron chi connectivity index (χ0n) is 14.0. The molecule has 1 aromatic carbocycles. The molecule has 2 aromatic rings. The van der Waals surface area contributed by atoms with Gasteiger partial charge in [-0.15, -0.1) is 0 Å². The Morgan fingerprint density at radius 1 is 1.25 bits per heavy atom. The highest BCUT2D eigenvalue weighted by Gasteiger charge is 2.21. The van der Waals surface area contributed by atoms with Gasteiger partial charge in [0.05, 0.1) is 17.5 Å². The summed E-state index contributed by atoms with van der Waals surface area (Å²) in [5, 5.41) is 3.66. The van der Waals surface area contributed by atoms with Gasteiger partial charge in [0.25, 0.3) is 0 Å². The number of carbonyl (C=O) groups excluding carboxylic acids is 1. The van der Waals surface area contributed by atoms with Crippen LogP contribution in [0.4, 0.5) is 5.69 Å². The fraction of sp³-hybridized carbons (Fsp3) is 0.412. The minimum Gasteiger partial charge on any atom is -0.356 e. The molecule has 130 valence electrons. The van der Waals surface area contributed by atoms with Crippen molar-refractivity contribution >= 4 is 32.5 Å². The van der Waals surface area contributed by atoms with Gasteiger partial charge >= 0.3 is 0 Å². The zero-order valence-corrected chi connectivity index (χ0v) is 14.8. The van der Waals surface area contributed by atoms with Crippen molar-refractivity contribution in [2.75, 3.05) is 23.7 Å². The molecule has 7 heteroatoms. The fourth-order valence-electron chi connectivity index (χ4n) is 2.45. The van der Waals surface area contributed by atoms with E-state index in [1.807, 2.05) is 19.1 Å². The second-order valence-corrected chi connectivity index (χ2v) is 7.55. The standard InChI is InChI=1S/C17H23N3O3S/c1-3-4-11-18-16(21)10-13-20(24(2,22)23)15-9-5-7-14-8-6-12-19-17(14)15/h5-9,12H,3-4,10-11,13H2,1-2H3,(H,18,21). The summed E-state index contributed by atoms with van der Waals surface area (Å²) < 4.78 is 25.7. The Kier molecular flexibility index (Phi) is 6.14. The lowest BCUT2D eigenvalue weighted by Crippen LogP contribution is -2.35. The Morgan fingerprint density at radius 3 is 2.71 bits per heavy atom. The van der Waals surface area contributed by atoms with Crippen molar-refractivity contribution in [1.29, 1.82) is 0 Å². The average Bonchev–Trinajstić information content (AvgIpc) is 2.54. The van der Waals surface area contributed by atoms with E-state index in [1.165, 1.54) is 4.31 Å². The van der Waals surface area contributed by atoms with Gasteiger partial charge < -0.3 is 5.32 Å². The number of hydrogen-bond acceptors (Lipinski definition) is 4. The number of sulfonamides is 1. The first-order valence-corrected chi connectivity index (χ1v) is 9.86. The van der Waals surface area contributed by atoms with Crippen LogP contribution in [0.15, 0.2) is 36.5 Å². The highest BCUT2D eigenvalue weighted by atomic mass is 32.2. The van der Waals surface area contributed by atoms with E-state index in [9.17, 15) is 13.2 Å². The SMILES string of the molecule is CCCCNC(=O)CCN(c1cccc2cccnc12)S(C)(=O)=O. The second-order valence-electron chi connectivity index (χ2n) is 5.64. The quantitative estimate of drug-likeness (QED) is 0.742. The van der Waals surface area contributed by atoms with E-state index >= 15 is 0 Å².